The molecule has 34 heavy (non-hydrogen) atoms. The van der Waals surface area contributed by atoms with E-state index < -0.39 is 5.60 Å². The monoisotopic (exact) mass is 486 g/mol. The minimum atomic E-state index is -0.504. The van der Waals surface area contributed by atoms with E-state index in [4.69, 9.17) is 21.3 Å². The standard InChI is InChI=1S/C23H31ClN8O2/c1-22(2,3)34-21(33)28-13-23(4)7-10-32(11-8-23)15-12-27-18-17(30-31-20(18)29-15)14-6-9-26-19(25-5)16(14)24/h6,9,12H,7-8,10-11,13H2,1-5H3,(H,25,26)(H,28,33)(H,29,30,31). The fourth-order valence-corrected chi connectivity index (χ4v) is 4.29. The van der Waals surface area contributed by atoms with Crippen molar-refractivity contribution in [3.05, 3.63) is 23.5 Å². The molecule has 0 bridgehead atoms. The molecule has 0 radical (unpaired) electrons. The van der Waals surface area contributed by atoms with Crippen molar-refractivity contribution >= 4 is 40.5 Å². The highest BCUT2D eigenvalue weighted by molar-refractivity contribution is 6.35. The van der Waals surface area contributed by atoms with Gasteiger partial charge in [0.2, 0.25) is 5.65 Å². The van der Waals surface area contributed by atoms with E-state index in [1.807, 2.05) is 26.8 Å². The van der Waals surface area contributed by atoms with E-state index in [1.54, 1.807) is 19.4 Å². The first-order chi connectivity index (χ1) is 16.1. The van der Waals surface area contributed by atoms with Crippen LogP contribution in [-0.4, -0.2) is 63.5 Å². The van der Waals surface area contributed by atoms with Crippen LogP contribution in [0.15, 0.2) is 18.5 Å². The van der Waals surface area contributed by atoms with Crippen molar-refractivity contribution in [3.63, 3.8) is 0 Å². The summed E-state index contributed by atoms with van der Waals surface area (Å²) in [5.74, 6) is 1.37. The quantitative estimate of drug-likeness (QED) is 0.489. The number of H-pyrrole nitrogens is 1. The molecule has 0 aliphatic carbocycles. The van der Waals surface area contributed by atoms with Crippen LogP contribution in [0.2, 0.25) is 5.02 Å². The van der Waals surface area contributed by atoms with Gasteiger partial charge in [0, 0.05) is 38.4 Å². The molecular formula is C23H31ClN8O2. The highest BCUT2D eigenvalue weighted by Gasteiger charge is 2.32. The SMILES string of the molecule is CNc1nccc(-c2[nH]nc3nc(N4CCC(C)(CNC(=O)OC(C)(C)C)CC4)cnc23)c1Cl. The van der Waals surface area contributed by atoms with Crippen molar-refractivity contribution in [2.75, 3.05) is 36.9 Å². The van der Waals surface area contributed by atoms with Gasteiger partial charge in [-0.1, -0.05) is 18.5 Å². The Morgan fingerprint density at radius 2 is 2.03 bits per heavy atom. The Hall–Kier alpha value is -3.14. The van der Waals surface area contributed by atoms with Gasteiger partial charge in [-0.3, -0.25) is 5.10 Å². The third-order valence-electron chi connectivity index (χ3n) is 6.00. The van der Waals surface area contributed by atoms with Crippen molar-refractivity contribution in [3.8, 4) is 11.3 Å². The van der Waals surface area contributed by atoms with Crippen LogP contribution >= 0.6 is 11.6 Å². The molecule has 3 aromatic heterocycles. The zero-order valence-electron chi connectivity index (χ0n) is 20.2. The molecule has 1 saturated heterocycles. The first-order valence-electron chi connectivity index (χ1n) is 11.3. The number of hydrogen-bond donors (Lipinski definition) is 3. The van der Waals surface area contributed by atoms with Crippen LogP contribution in [0.25, 0.3) is 22.4 Å². The summed E-state index contributed by atoms with van der Waals surface area (Å²) >= 11 is 6.49. The summed E-state index contributed by atoms with van der Waals surface area (Å²) in [5, 5.41) is 13.8. The maximum absolute atomic E-state index is 12.0. The van der Waals surface area contributed by atoms with Gasteiger partial charge in [0.1, 0.15) is 22.8 Å². The number of ether oxygens (including phenoxy) is 1. The van der Waals surface area contributed by atoms with Crippen LogP contribution in [-0.2, 0) is 4.74 Å². The largest absolute Gasteiger partial charge is 0.444 e. The molecule has 1 aliphatic heterocycles. The molecule has 0 saturated carbocycles. The Balaban J connectivity index is 1.43. The molecule has 0 atom stereocenters. The predicted octanol–water partition coefficient (Wildman–Crippen LogP) is 4.24. The molecule has 0 spiro atoms. The van der Waals surface area contributed by atoms with E-state index in [9.17, 15) is 4.79 Å². The molecule has 0 unspecified atom stereocenters. The average Bonchev–Trinajstić information content (AvgIpc) is 3.20. The lowest BCUT2D eigenvalue weighted by Gasteiger charge is -2.39. The summed E-state index contributed by atoms with van der Waals surface area (Å²) in [6, 6.07) is 1.82. The molecule has 10 nitrogen and oxygen atoms in total. The van der Waals surface area contributed by atoms with E-state index in [0.29, 0.717) is 34.2 Å². The number of nitrogens with one attached hydrogen (secondary N) is 3. The number of amides is 1. The van der Waals surface area contributed by atoms with Gasteiger partial charge in [-0.25, -0.2) is 19.7 Å². The maximum atomic E-state index is 12.0. The van der Waals surface area contributed by atoms with Crippen LogP contribution in [0.1, 0.15) is 40.5 Å². The number of carbonyl (C=O) groups excluding carboxylic acids is 1. The Kier molecular flexibility index (Phi) is 6.53. The average molecular weight is 487 g/mol. The molecule has 4 rings (SSSR count). The maximum Gasteiger partial charge on any atom is 0.407 e. The Morgan fingerprint density at radius 1 is 1.29 bits per heavy atom. The number of aromatic nitrogens is 5. The number of nitrogens with zero attached hydrogens (tertiary/aromatic N) is 5. The van der Waals surface area contributed by atoms with Gasteiger partial charge in [-0.2, -0.15) is 5.10 Å². The van der Waals surface area contributed by atoms with Gasteiger partial charge < -0.3 is 20.3 Å². The first kappa shape index (κ1) is 24.0. The Labute approximate surface area is 203 Å². The molecule has 3 aromatic rings. The highest BCUT2D eigenvalue weighted by Crippen LogP contribution is 2.35. The summed E-state index contributed by atoms with van der Waals surface area (Å²) in [6.07, 6.45) is 4.90. The van der Waals surface area contributed by atoms with Crippen molar-refractivity contribution in [1.82, 2.24) is 30.5 Å². The zero-order chi connectivity index (χ0) is 24.5. The van der Waals surface area contributed by atoms with E-state index in [2.05, 4.69) is 42.6 Å². The number of anilines is 2. The second kappa shape index (κ2) is 9.25. The van der Waals surface area contributed by atoms with Crippen molar-refractivity contribution < 1.29 is 9.53 Å². The fourth-order valence-electron chi connectivity index (χ4n) is 3.99. The van der Waals surface area contributed by atoms with E-state index in [1.165, 1.54) is 0 Å². The third-order valence-corrected chi connectivity index (χ3v) is 6.38. The summed E-state index contributed by atoms with van der Waals surface area (Å²) in [4.78, 5) is 27.8. The number of alkyl carbamates (subject to hydrolysis) is 1. The minimum absolute atomic E-state index is 0.00640. The topological polar surface area (TPSA) is 121 Å². The smallest absolute Gasteiger partial charge is 0.407 e. The van der Waals surface area contributed by atoms with Crippen LogP contribution in [0.4, 0.5) is 16.4 Å². The number of pyridine rings is 1. The molecule has 11 heteroatoms. The zero-order valence-corrected chi connectivity index (χ0v) is 21.0. The molecule has 1 aliphatic rings. The number of hydrogen-bond acceptors (Lipinski definition) is 8. The molecule has 3 N–H and O–H groups in total. The van der Waals surface area contributed by atoms with Crippen LogP contribution < -0.4 is 15.5 Å². The van der Waals surface area contributed by atoms with Gasteiger partial charge in [0.15, 0.2) is 0 Å². The Morgan fingerprint density at radius 3 is 2.71 bits per heavy atom. The van der Waals surface area contributed by atoms with Crippen LogP contribution in [0.3, 0.4) is 0 Å². The minimum Gasteiger partial charge on any atom is -0.444 e. The number of piperidine rings is 1. The van der Waals surface area contributed by atoms with E-state index in [0.717, 1.165) is 37.3 Å². The molecular weight excluding hydrogens is 456 g/mol. The normalized spacial score (nSPS) is 15.9. The summed E-state index contributed by atoms with van der Waals surface area (Å²) in [7, 11) is 1.77. The van der Waals surface area contributed by atoms with E-state index in [-0.39, 0.29) is 11.5 Å². The second-order valence-corrected chi connectivity index (χ2v) is 10.3. The lowest BCUT2D eigenvalue weighted by atomic mass is 9.80. The van der Waals surface area contributed by atoms with Gasteiger partial charge in [-0.05, 0) is 45.1 Å². The van der Waals surface area contributed by atoms with Gasteiger partial charge in [0.05, 0.1) is 16.9 Å². The lowest BCUT2D eigenvalue weighted by Crippen LogP contribution is -2.46. The predicted molar refractivity (Wildman–Crippen MR) is 133 cm³/mol. The van der Waals surface area contributed by atoms with Gasteiger partial charge in [-0.15, -0.1) is 0 Å². The van der Waals surface area contributed by atoms with Crippen molar-refractivity contribution in [2.45, 2.75) is 46.1 Å². The number of aromatic amines is 1. The molecule has 1 fully saturated rings. The molecule has 1 amide bonds. The number of fused-ring (bicyclic) bond motifs is 1. The van der Waals surface area contributed by atoms with Crippen LogP contribution in [0.5, 0.6) is 0 Å². The van der Waals surface area contributed by atoms with Crippen molar-refractivity contribution in [2.24, 2.45) is 5.41 Å². The van der Waals surface area contributed by atoms with Gasteiger partial charge in [0.25, 0.3) is 0 Å². The number of carbonyl (C=O) groups is 1. The fraction of sp³-hybridized carbons (Fsp3) is 0.522. The molecule has 4 heterocycles. The highest BCUT2D eigenvalue weighted by atomic mass is 35.5. The third kappa shape index (κ3) is 5.16. The van der Waals surface area contributed by atoms with Crippen LogP contribution in [0, 0.1) is 5.41 Å². The molecule has 0 aromatic carbocycles. The van der Waals surface area contributed by atoms with Gasteiger partial charge >= 0.3 is 6.09 Å². The summed E-state index contributed by atoms with van der Waals surface area (Å²) < 4.78 is 5.36. The summed E-state index contributed by atoms with van der Waals surface area (Å²) in [6.45, 7) is 9.96. The molecule has 182 valence electrons. The Bertz CT molecular complexity index is 1180. The second-order valence-electron chi connectivity index (χ2n) is 9.92. The lowest BCUT2D eigenvalue weighted by molar-refractivity contribution is 0.0495. The summed E-state index contributed by atoms with van der Waals surface area (Å²) in [5.41, 5.74) is 2.14. The number of rotatable bonds is 5. The number of halogens is 1. The van der Waals surface area contributed by atoms with E-state index >= 15 is 0 Å². The van der Waals surface area contributed by atoms with Crippen molar-refractivity contribution in [1.29, 1.82) is 0 Å². The first-order valence-corrected chi connectivity index (χ1v) is 11.7.